The zero-order valence-electron chi connectivity index (χ0n) is 12.9. The van der Waals surface area contributed by atoms with Crippen LogP contribution in [0, 0.1) is 5.41 Å². The van der Waals surface area contributed by atoms with E-state index < -0.39 is 11.0 Å². The van der Waals surface area contributed by atoms with Crippen molar-refractivity contribution in [1.82, 2.24) is 14.8 Å². The number of oxime groups is 1. The second kappa shape index (κ2) is 6.97. The molecule has 1 atom stereocenters. The minimum atomic E-state index is -1.38. The third-order valence-electron chi connectivity index (χ3n) is 3.76. The first-order valence-electron chi connectivity index (χ1n) is 6.98. The van der Waals surface area contributed by atoms with Gasteiger partial charge in [0.15, 0.2) is 0 Å². The van der Waals surface area contributed by atoms with E-state index in [0.29, 0.717) is 10.8 Å². The highest BCUT2D eigenvalue weighted by Gasteiger charge is 2.44. The van der Waals surface area contributed by atoms with Gasteiger partial charge in [-0.25, -0.2) is 9.67 Å². The third-order valence-corrected chi connectivity index (χ3v) is 4.01. The Kier molecular flexibility index (Phi) is 5.23. The van der Waals surface area contributed by atoms with Crippen molar-refractivity contribution in [2.45, 2.75) is 26.0 Å². The van der Waals surface area contributed by atoms with Crippen LogP contribution in [0.3, 0.4) is 0 Å². The molecular formula is C15H19ClN4O3. The van der Waals surface area contributed by atoms with Crippen LogP contribution in [0.1, 0.15) is 13.8 Å². The highest BCUT2D eigenvalue weighted by atomic mass is 35.5. The Morgan fingerprint density at radius 2 is 2.04 bits per heavy atom. The molecular weight excluding hydrogens is 320 g/mol. The van der Waals surface area contributed by atoms with E-state index in [0.717, 1.165) is 0 Å². The summed E-state index contributed by atoms with van der Waals surface area (Å²) in [6.07, 6.45) is 4.15. The molecule has 0 aliphatic carbocycles. The van der Waals surface area contributed by atoms with Gasteiger partial charge in [-0.3, -0.25) is 0 Å². The fourth-order valence-electron chi connectivity index (χ4n) is 2.02. The summed E-state index contributed by atoms with van der Waals surface area (Å²) in [5, 5.41) is 27.7. The van der Waals surface area contributed by atoms with E-state index in [1.165, 1.54) is 23.6 Å². The number of benzene rings is 1. The molecule has 0 aliphatic rings. The third kappa shape index (κ3) is 4.20. The molecule has 8 heteroatoms. The molecule has 7 nitrogen and oxygen atoms in total. The maximum absolute atomic E-state index is 11.1. The maximum Gasteiger partial charge on any atom is 0.137 e. The largest absolute Gasteiger partial charge is 0.490 e. The molecule has 1 aromatic carbocycles. The molecule has 0 radical (unpaired) electrons. The van der Waals surface area contributed by atoms with Gasteiger partial charge in [0.25, 0.3) is 0 Å². The summed E-state index contributed by atoms with van der Waals surface area (Å²) in [7, 11) is 0. The van der Waals surface area contributed by atoms with Crippen LogP contribution >= 0.6 is 11.6 Å². The molecule has 0 saturated carbocycles. The van der Waals surface area contributed by atoms with Gasteiger partial charge in [0, 0.05) is 10.4 Å². The smallest absolute Gasteiger partial charge is 0.137 e. The SMILES string of the molecule is CC(C)(/C=N\O)C(O)(COc1ccc(Cl)cc1)Cn1cncn1. The minimum Gasteiger partial charge on any atom is -0.490 e. The van der Waals surface area contributed by atoms with Gasteiger partial charge in [-0.1, -0.05) is 25.4 Å². The number of hydrogen-bond acceptors (Lipinski definition) is 6. The van der Waals surface area contributed by atoms with Gasteiger partial charge < -0.3 is 15.1 Å². The Morgan fingerprint density at radius 1 is 1.35 bits per heavy atom. The van der Waals surface area contributed by atoms with Crippen LogP contribution < -0.4 is 4.74 Å². The Bertz CT molecular complexity index is 643. The molecule has 124 valence electrons. The van der Waals surface area contributed by atoms with Crippen molar-refractivity contribution in [2.75, 3.05) is 6.61 Å². The zero-order chi connectivity index (χ0) is 16.9. The summed E-state index contributed by atoms with van der Waals surface area (Å²) < 4.78 is 7.19. The lowest BCUT2D eigenvalue weighted by Crippen LogP contribution is -2.53. The highest BCUT2D eigenvalue weighted by molar-refractivity contribution is 6.30. The lowest BCUT2D eigenvalue weighted by molar-refractivity contribution is -0.0796. The van der Waals surface area contributed by atoms with Gasteiger partial charge in [0.1, 0.15) is 30.6 Å². The first kappa shape index (κ1) is 17.2. The average molecular weight is 339 g/mol. The molecule has 1 unspecified atom stereocenters. The predicted octanol–water partition coefficient (Wildman–Crippen LogP) is 2.23. The molecule has 0 amide bonds. The van der Waals surface area contributed by atoms with Gasteiger partial charge in [-0.05, 0) is 24.3 Å². The van der Waals surface area contributed by atoms with Crippen molar-refractivity contribution in [3.63, 3.8) is 0 Å². The number of hydrogen-bond donors (Lipinski definition) is 2. The fourth-order valence-corrected chi connectivity index (χ4v) is 2.14. The predicted molar refractivity (Wildman–Crippen MR) is 86.0 cm³/mol. The monoisotopic (exact) mass is 338 g/mol. The Balaban J connectivity index is 2.20. The van der Waals surface area contributed by atoms with E-state index in [4.69, 9.17) is 21.5 Å². The number of rotatable bonds is 7. The van der Waals surface area contributed by atoms with Gasteiger partial charge >= 0.3 is 0 Å². The zero-order valence-corrected chi connectivity index (χ0v) is 13.7. The van der Waals surface area contributed by atoms with E-state index in [2.05, 4.69) is 15.2 Å². The van der Waals surface area contributed by atoms with Crippen molar-refractivity contribution < 1.29 is 15.1 Å². The van der Waals surface area contributed by atoms with Crippen molar-refractivity contribution in [3.8, 4) is 5.75 Å². The van der Waals surface area contributed by atoms with Crippen LogP contribution in [0.2, 0.25) is 5.02 Å². The summed E-state index contributed by atoms with van der Waals surface area (Å²) in [4.78, 5) is 3.86. The summed E-state index contributed by atoms with van der Waals surface area (Å²) in [6, 6.07) is 6.83. The van der Waals surface area contributed by atoms with Crippen LogP contribution in [0.25, 0.3) is 0 Å². The molecule has 0 saturated heterocycles. The Hall–Kier alpha value is -2.12. The van der Waals surface area contributed by atoms with Crippen LogP contribution in [-0.2, 0) is 6.54 Å². The highest BCUT2D eigenvalue weighted by Crippen LogP contribution is 2.32. The summed E-state index contributed by atoms with van der Waals surface area (Å²) in [6.45, 7) is 3.58. The van der Waals surface area contributed by atoms with Gasteiger partial charge in [0.2, 0.25) is 0 Å². The first-order valence-corrected chi connectivity index (χ1v) is 7.36. The molecule has 23 heavy (non-hydrogen) atoms. The van der Waals surface area contributed by atoms with Gasteiger partial charge in [-0.2, -0.15) is 5.10 Å². The van der Waals surface area contributed by atoms with Gasteiger partial charge in [-0.15, -0.1) is 5.16 Å². The minimum absolute atomic E-state index is 0.0342. The lowest BCUT2D eigenvalue weighted by atomic mass is 9.76. The molecule has 0 aliphatic heterocycles. The number of halogens is 1. The van der Waals surface area contributed by atoms with E-state index in [9.17, 15) is 5.11 Å². The topological polar surface area (TPSA) is 92.8 Å². The van der Waals surface area contributed by atoms with Gasteiger partial charge in [0.05, 0.1) is 12.8 Å². The number of nitrogens with zero attached hydrogens (tertiary/aromatic N) is 4. The summed E-state index contributed by atoms with van der Waals surface area (Å²) in [5.41, 5.74) is -2.26. The van der Waals surface area contributed by atoms with E-state index in [1.807, 2.05) is 0 Å². The van der Waals surface area contributed by atoms with Crippen LogP contribution in [-0.4, -0.2) is 43.5 Å². The molecule has 0 spiro atoms. The molecule has 1 aromatic heterocycles. The normalized spacial score (nSPS) is 14.8. The van der Waals surface area contributed by atoms with E-state index in [-0.39, 0.29) is 13.2 Å². The van der Waals surface area contributed by atoms with Crippen molar-refractivity contribution in [1.29, 1.82) is 0 Å². The fraction of sp³-hybridized carbons (Fsp3) is 0.400. The first-order chi connectivity index (χ1) is 10.9. The van der Waals surface area contributed by atoms with E-state index in [1.54, 1.807) is 38.1 Å². The van der Waals surface area contributed by atoms with Crippen LogP contribution in [0.5, 0.6) is 5.75 Å². The van der Waals surface area contributed by atoms with Crippen molar-refractivity contribution in [2.24, 2.45) is 10.6 Å². The summed E-state index contributed by atoms with van der Waals surface area (Å²) in [5.74, 6) is 0.572. The second-order valence-corrected chi connectivity index (χ2v) is 6.27. The molecule has 2 aromatic rings. The van der Waals surface area contributed by atoms with E-state index >= 15 is 0 Å². The quantitative estimate of drug-likeness (QED) is 0.459. The Labute approximate surface area is 139 Å². The number of aromatic nitrogens is 3. The van der Waals surface area contributed by atoms with Crippen molar-refractivity contribution in [3.05, 3.63) is 41.9 Å². The standard InChI is InChI=1S/C15H19ClN4O3/c1-14(2,7-19-22)15(21,8-20-11-17-10-18-20)9-23-13-5-3-12(16)4-6-13/h3-7,10-11,21-22H,8-9H2,1-2H3/b19-7-. The molecule has 2 rings (SSSR count). The average Bonchev–Trinajstić information content (AvgIpc) is 2.99. The lowest BCUT2D eigenvalue weighted by Gasteiger charge is -2.39. The maximum atomic E-state index is 11.1. The Morgan fingerprint density at radius 3 is 2.61 bits per heavy atom. The number of aliphatic hydroxyl groups is 1. The summed E-state index contributed by atoms with van der Waals surface area (Å²) >= 11 is 5.84. The second-order valence-electron chi connectivity index (χ2n) is 5.83. The molecule has 2 N–H and O–H groups in total. The molecule has 0 bridgehead atoms. The van der Waals surface area contributed by atoms with Crippen molar-refractivity contribution >= 4 is 17.8 Å². The molecule has 1 heterocycles. The van der Waals surface area contributed by atoms with Crippen LogP contribution in [0.15, 0.2) is 42.1 Å². The molecule has 0 fully saturated rings. The number of ether oxygens (including phenoxy) is 1. The van der Waals surface area contributed by atoms with Crippen LogP contribution in [0.4, 0.5) is 0 Å².